The average molecular weight is 475 g/mol. The van der Waals surface area contributed by atoms with E-state index in [4.69, 9.17) is 0 Å². The summed E-state index contributed by atoms with van der Waals surface area (Å²) in [6.07, 6.45) is 5.07. The van der Waals surface area contributed by atoms with E-state index in [2.05, 4.69) is 16.5 Å². The number of fused-ring (bicyclic) bond motifs is 2. The molecule has 1 unspecified atom stereocenters. The topological polar surface area (TPSA) is 94.9 Å². The predicted molar refractivity (Wildman–Crippen MR) is 124 cm³/mol. The van der Waals surface area contributed by atoms with Gasteiger partial charge in [-0.3, -0.25) is 19.3 Å². The number of benzene rings is 1. The Morgan fingerprint density at radius 2 is 2.00 bits per heavy atom. The van der Waals surface area contributed by atoms with Crippen molar-refractivity contribution in [3.8, 4) is 5.75 Å². The van der Waals surface area contributed by atoms with Gasteiger partial charge in [0.15, 0.2) is 11.4 Å². The maximum absolute atomic E-state index is 13.2. The number of carbonyl (C=O) groups excluding carboxylic acids is 2. The van der Waals surface area contributed by atoms with E-state index in [1.807, 2.05) is 0 Å². The molecule has 4 rings (SSSR count). The van der Waals surface area contributed by atoms with E-state index in [1.54, 1.807) is 16.7 Å². The molecule has 3 heterocycles. The van der Waals surface area contributed by atoms with E-state index in [0.29, 0.717) is 18.7 Å². The SMILES string of the molecule is CSCCCN1CCCN2C(=O)c3c(O)c(=O)c(C(=O)NCc4ccc(F)cc4)cn3CC12. The lowest BCUT2D eigenvalue weighted by molar-refractivity contribution is -0.00982. The number of amides is 2. The molecule has 0 saturated carbocycles. The van der Waals surface area contributed by atoms with Crippen LogP contribution in [0.15, 0.2) is 35.3 Å². The second-order valence-electron chi connectivity index (χ2n) is 8.25. The fourth-order valence-corrected chi connectivity index (χ4v) is 4.85. The van der Waals surface area contributed by atoms with Crippen LogP contribution in [0.2, 0.25) is 0 Å². The molecule has 10 heteroatoms. The van der Waals surface area contributed by atoms with Gasteiger partial charge in [-0.25, -0.2) is 4.39 Å². The summed E-state index contributed by atoms with van der Waals surface area (Å²) < 4.78 is 14.6. The van der Waals surface area contributed by atoms with Crippen molar-refractivity contribution in [3.05, 3.63) is 63.3 Å². The Morgan fingerprint density at radius 1 is 1.24 bits per heavy atom. The zero-order valence-electron chi connectivity index (χ0n) is 18.4. The van der Waals surface area contributed by atoms with Crippen LogP contribution < -0.4 is 10.7 Å². The van der Waals surface area contributed by atoms with Crippen LogP contribution in [-0.2, 0) is 13.1 Å². The molecule has 176 valence electrons. The summed E-state index contributed by atoms with van der Waals surface area (Å²) in [6, 6.07) is 5.64. The van der Waals surface area contributed by atoms with Gasteiger partial charge in [-0.2, -0.15) is 11.8 Å². The lowest BCUT2D eigenvalue weighted by atomic mass is 10.1. The third kappa shape index (κ3) is 4.77. The van der Waals surface area contributed by atoms with Crippen LogP contribution in [0.3, 0.4) is 0 Å². The van der Waals surface area contributed by atoms with Gasteiger partial charge in [0.05, 0.1) is 6.54 Å². The first-order valence-electron chi connectivity index (χ1n) is 10.9. The first kappa shape index (κ1) is 23.3. The quantitative estimate of drug-likeness (QED) is 0.595. The summed E-state index contributed by atoms with van der Waals surface area (Å²) in [6.45, 7) is 2.75. The summed E-state index contributed by atoms with van der Waals surface area (Å²) in [4.78, 5) is 42.6. The molecule has 2 aliphatic heterocycles. The minimum atomic E-state index is -0.876. The van der Waals surface area contributed by atoms with E-state index in [0.717, 1.165) is 31.7 Å². The van der Waals surface area contributed by atoms with Gasteiger partial charge >= 0.3 is 0 Å². The highest BCUT2D eigenvalue weighted by Crippen LogP contribution is 2.28. The van der Waals surface area contributed by atoms with Crippen molar-refractivity contribution in [1.82, 2.24) is 19.7 Å². The zero-order valence-corrected chi connectivity index (χ0v) is 19.2. The monoisotopic (exact) mass is 474 g/mol. The molecule has 1 atom stereocenters. The second-order valence-corrected chi connectivity index (χ2v) is 9.23. The molecule has 2 aliphatic rings. The van der Waals surface area contributed by atoms with Gasteiger partial charge in [0, 0.05) is 32.4 Å². The molecule has 1 fully saturated rings. The third-order valence-electron chi connectivity index (χ3n) is 6.11. The third-order valence-corrected chi connectivity index (χ3v) is 6.81. The van der Waals surface area contributed by atoms with Crippen molar-refractivity contribution >= 4 is 23.6 Å². The van der Waals surface area contributed by atoms with Gasteiger partial charge in [-0.1, -0.05) is 12.1 Å². The fourth-order valence-electron chi connectivity index (χ4n) is 4.43. The summed E-state index contributed by atoms with van der Waals surface area (Å²) in [5, 5.41) is 13.2. The van der Waals surface area contributed by atoms with E-state index in [9.17, 15) is 23.9 Å². The lowest BCUT2D eigenvalue weighted by Gasteiger charge is -2.47. The molecular formula is C23H27FN4O4S. The predicted octanol–water partition coefficient (Wildman–Crippen LogP) is 1.86. The lowest BCUT2D eigenvalue weighted by Crippen LogP contribution is -2.61. The van der Waals surface area contributed by atoms with Crippen molar-refractivity contribution in [2.24, 2.45) is 0 Å². The highest BCUT2D eigenvalue weighted by atomic mass is 32.2. The molecule has 2 N–H and O–H groups in total. The minimum Gasteiger partial charge on any atom is -0.503 e. The van der Waals surface area contributed by atoms with Gasteiger partial charge in [-0.05, 0) is 42.5 Å². The van der Waals surface area contributed by atoms with Gasteiger partial charge in [-0.15, -0.1) is 0 Å². The summed E-state index contributed by atoms with van der Waals surface area (Å²) >= 11 is 1.78. The molecular weight excluding hydrogens is 447 g/mol. The Kier molecular flexibility index (Phi) is 7.04. The van der Waals surface area contributed by atoms with E-state index in [1.165, 1.54) is 35.0 Å². The number of carbonyl (C=O) groups is 2. The van der Waals surface area contributed by atoms with Crippen LogP contribution in [0, 0.1) is 5.82 Å². The van der Waals surface area contributed by atoms with Gasteiger partial charge in [0.25, 0.3) is 11.8 Å². The molecule has 2 amide bonds. The average Bonchev–Trinajstić information content (AvgIpc) is 2.81. The van der Waals surface area contributed by atoms with Crippen LogP contribution in [0.5, 0.6) is 5.75 Å². The molecule has 1 saturated heterocycles. The van der Waals surface area contributed by atoms with Crippen LogP contribution >= 0.6 is 11.8 Å². The summed E-state index contributed by atoms with van der Waals surface area (Å²) in [7, 11) is 0. The highest BCUT2D eigenvalue weighted by Gasteiger charge is 2.40. The molecule has 8 nitrogen and oxygen atoms in total. The largest absolute Gasteiger partial charge is 0.503 e. The number of hydrogen-bond donors (Lipinski definition) is 2. The Morgan fingerprint density at radius 3 is 2.73 bits per heavy atom. The van der Waals surface area contributed by atoms with Crippen molar-refractivity contribution in [2.75, 3.05) is 31.6 Å². The van der Waals surface area contributed by atoms with Gasteiger partial charge < -0.3 is 19.9 Å². The first-order valence-corrected chi connectivity index (χ1v) is 12.3. The molecule has 0 aliphatic carbocycles. The Labute approximate surface area is 195 Å². The molecule has 0 radical (unpaired) electrons. The smallest absolute Gasteiger partial charge is 0.275 e. The zero-order chi connectivity index (χ0) is 23.5. The molecule has 1 aromatic carbocycles. The van der Waals surface area contributed by atoms with Crippen molar-refractivity contribution < 1.29 is 19.1 Å². The maximum atomic E-state index is 13.2. The van der Waals surface area contributed by atoms with Gasteiger partial charge in [0.2, 0.25) is 5.43 Å². The van der Waals surface area contributed by atoms with E-state index < -0.39 is 23.0 Å². The van der Waals surface area contributed by atoms with E-state index in [-0.39, 0.29) is 29.8 Å². The summed E-state index contributed by atoms with van der Waals surface area (Å²) in [5.74, 6) is -1.11. The Bertz CT molecular complexity index is 1100. The molecule has 1 aromatic heterocycles. The minimum absolute atomic E-state index is 0.0719. The Balaban J connectivity index is 1.58. The standard InChI is InChI=1S/C23H27FN4O4S/c1-33-11-3-9-26-8-2-10-28-18(26)14-27-13-17(20(29)21(30)19(27)23(28)32)22(31)25-12-15-4-6-16(24)7-5-15/h4-7,13,18,30H,2-3,8-12,14H2,1H3,(H,25,31). The van der Waals surface area contributed by atoms with E-state index >= 15 is 0 Å². The number of pyridine rings is 1. The Hall–Kier alpha value is -2.85. The molecule has 2 aromatic rings. The molecule has 33 heavy (non-hydrogen) atoms. The van der Waals surface area contributed by atoms with Crippen LogP contribution in [0.25, 0.3) is 0 Å². The maximum Gasteiger partial charge on any atom is 0.275 e. The fraction of sp³-hybridized carbons (Fsp3) is 0.435. The second kappa shape index (κ2) is 9.96. The van der Waals surface area contributed by atoms with Crippen LogP contribution in [0.1, 0.15) is 39.3 Å². The number of nitrogens with zero attached hydrogens (tertiary/aromatic N) is 3. The number of aromatic hydroxyl groups is 1. The number of aromatic nitrogens is 1. The first-order chi connectivity index (χ1) is 15.9. The number of nitrogens with one attached hydrogen (secondary N) is 1. The molecule has 0 bridgehead atoms. The van der Waals surface area contributed by atoms with Crippen molar-refractivity contribution in [2.45, 2.75) is 32.1 Å². The number of rotatable bonds is 7. The van der Waals surface area contributed by atoms with Crippen molar-refractivity contribution in [1.29, 1.82) is 0 Å². The van der Waals surface area contributed by atoms with Gasteiger partial charge in [0.1, 0.15) is 17.5 Å². The summed E-state index contributed by atoms with van der Waals surface area (Å²) in [5.41, 5.74) is -0.513. The number of halogens is 1. The van der Waals surface area contributed by atoms with Crippen molar-refractivity contribution in [3.63, 3.8) is 0 Å². The van der Waals surface area contributed by atoms with Crippen LogP contribution in [0.4, 0.5) is 4.39 Å². The normalized spacial score (nSPS) is 18.1. The van der Waals surface area contributed by atoms with Crippen LogP contribution in [-0.4, -0.2) is 69.1 Å². The number of thioether (sulfide) groups is 1. The highest BCUT2D eigenvalue weighted by molar-refractivity contribution is 7.98. The molecule has 0 spiro atoms. The number of hydrogen-bond acceptors (Lipinski definition) is 6.